The Bertz CT molecular complexity index is 1540. The lowest BCUT2D eigenvalue weighted by atomic mass is 9.88. The second-order valence-corrected chi connectivity index (χ2v) is 10.9. The number of hydrogen-bond donors (Lipinski definition) is 2. The van der Waals surface area contributed by atoms with Gasteiger partial charge in [-0.15, -0.1) is 11.3 Å². The zero-order valence-electron chi connectivity index (χ0n) is 19.7. The fourth-order valence-corrected chi connectivity index (χ4v) is 5.46. The van der Waals surface area contributed by atoms with E-state index in [-0.39, 0.29) is 17.4 Å². The highest BCUT2D eigenvalue weighted by Crippen LogP contribution is 2.40. The van der Waals surface area contributed by atoms with Crippen LogP contribution >= 0.6 is 11.3 Å². The quantitative estimate of drug-likeness (QED) is 0.355. The summed E-state index contributed by atoms with van der Waals surface area (Å²) >= 11 is 1.41. The third-order valence-corrected chi connectivity index (χ3v) is 7.79. The molecule has 10 heteroatoms. The standard InChI is InChI=1S/C27H24N2O6S2/c28-37(31,32)21-10-8-20(9-11-21)25-24(19-5-2-1-3-6-19)29-23(35-25)7-4-15-34-26-22(12-18-36-26)27(30)13-16-33-17-14-27/h1-3,5-6,8-12,18,30H,13-17H2,(H2,28,31,32). The highest BCUT2D eigenvalue weighted by molar-refractivity contribution is 7.89. The molecule has 0 aliphatic carbocycles. The molecule has 0 atom stereocenters. The maximum Gasteiger partial charge on any atom is 0.274 e. The zero-order valence-corrected chi connectivity index (χ0v) is 21.3. The van der Waals surface area contributed by atoms with E-state index in [0.29, 0.717) is 48.1 Å². The Balaban J connectivity index is 1.38. The molecule has 3 N–H and O–H groups in total. The van der Waals surface area contributed by atoms with Crippen molar-refractivity contribution in [2.24, 2.45) is 5.14 Å². The molecule has 0 unspecified atom stereocenters. The van der Waals surface area contributed by atoms with Gasteiger partial charge in [-0.25, -0.2) is 18.5 Å². The number of hydrogen-bond acceptors (Lipinski definition) is 8. The number of oxazole rings is 1. The molecule has 0 radical (unpaired) electrons. The molecular formula is C27H24N2O6S2. The van der Waals surface area contributed by atoms with E-state index in [0.717, 1.165) is 11.1 Å². The highest BCUT2D eigenvalue weighted by Gasteiger charge is 2.35. The SMILES string of the molecule is NS(=O)(=O)c1ccc(-c2oc(C#CCOc3sccc3C3(O)CCOCC3)nc2-c2ccccc2)cc1. The molecule has 5 rings (SSSR count). The lowest BCUT2D eigenvalue weighted by Crippen LogP contribution is -2.33. The Morgan fingerprint density at radius 2 is 1.78 bits per heavy atom. The maximum absolute atomic E-state index is 11.6. The van der Waals surface area contributed by atoms with Gasteiger partial charge in [0.25, 0.3) is 5.89 Å². The average Bonchev–Trinajstić information content (AvgIpc) is 3.55. The smallest absolute Gasteiger partial charge is 0.274 e. The van der Waals surface area contributed by atoms with Gasteiger partial charge in [0, 0.05) is 42.7 Å². The van der Waals surface area contributed by atoms with Crippen molar-refractivity contribution in [1.82, 2.24) is 4.98 Å². The topological polar surface area (TPSA) is 125 Å². The molecule has 0 spiro atoms. The summed E-state index contributed by atoms with van der Waals surface area (Å²) in [5.41, 5.74) is 1.85. The number of sulfonamides is 1. The molecule has 1 aliphatic heterocycles. The fraction of sp³-hybridized carbons (Fsp3) is 0.222. The summed E-state index contributed by atoms with van der Waals surface area (Å²) in [6.07, 6.45) is 1.04. The molecule has 1 aliphatic rings. The Kier molecular flexibility index (Phi) is 7.15. The first-order valence-electron chi connectivity index (χ1n) is 11.5. The van der Waals surface area contributed by atoms with Crippen LogP contribution in [0.4, 0.5) is 0 Å². The first-order valence-corrected chi connectivity index (χ1v) is 14.0. The second kappa shape index (κ2) is 10.5. The van der Waals surface area contributed by atoms with E-state index in [1.54, 1.807) is 12.1 Å². The summed E-state index contributed by atoms with van der Waals surface area (Å²) in [6.45, 7) is 1.10. The number of nitrogens with zero attached hydrogens (tertiary/aromatic N) is 1. The number of ether oxygens (including phenoxy) is 2. The second-order valence-electron chi connectivity index (χ2n) is 8.49. The Labute approximate surface area is 218 Å². The molecule has 3 heterocycles. The molecule has 2 aromatic heterocycles. The minimum atomic E-state index is -3.81. The van der Waals surface area contributed by atoms with E-state index in [2.05, 4.69) is 16.8 Å². The molecule has 190 valence electrons. The third kappa shape index (κ3) is 5.61. The van der Waals surface area contributed by atoms with Crippen molar-refractivity contribution in [3.63, 3.8) is 0 Å². The van der Waals surface area contributed by atoms with Crippen molar-refractivity contribution >= 4 is 21.4 Å². The Hall–Kier alpha value is -3.46. The van der Waals surface area contributed by atoms with Gasteiger partial charge in [0.2, 0.25) is 10.0 Å². The number of aliphatic hydroxyl groups is 1. The summed E-state index contributed by atoms with van der Waals surface area (Å²) in [6, 6.07) is 17.4. The fourth-order valence-electron chi connectivity index (χ4n) is 4.10. The van der Waals surface area contributed by atoms with E-state index in [9.17, 15) is 13.5 Å². The van der Waals surface area contributed by atoms with Crippen LogP contribution in [0.3, 0.4) is 0 Å². The van der Waals surface area contributed by atoms with E-state index in [1.807, 2.05) is 41.8 Å². The summed E-state index contributed by atoms with van der Waals surface area (Å²) in [5.74, 6) is 6.49. The maximum atomic E-state index is 11.6. The van der Waals surface area contributed by atoms with E-state index in [1.165, 1.54) is 23.5 Å². The number of thiophene rings is 1. The van der Waals surface area contributed by atoms with Gasteiger partial charge in [-0.1, -0.05) is 36.3 Å². The molecule has 0 bridgehead atoms. The predicted molar refractivity (Wildman–Crippen MR) is 139 cm³/mol. The summed E-state index contributed by atoms with van der Waals surface area (Å²) in [7, 11) is -3.81. The first-order chi connectivity index (χ1) is 17.8. The summed E-state index contributed by atoms with van der Waals surface area (Å²) in [5, 5.41) is 18.7. The van der Waals surface area contributed by atoms with Crippen molar-refractivity contribution in [1.29, 1.82) is 0 Å². The predicted octanol–water partition coefficient (Wildman–Crippen LogP) is 4.15. The molecule has 0 amide bonds. The van der Waals surface area contributed by atoms with Crippen LogP contribution in [0.25, 0.3) is 22.6 Å². The van der Waals surface area contributed by atoms with Crippen molar-refractivity contribution < 1.29 is 27.4 Å². The van der Waals surface area contributed by atoms with E-state index in [4.69, 9.17) is 19.0 Å². The van der Waals surface area contributed by atoms with Crippen molar-refractivity contribution in [3.8, 4) is 39.5 Å². The third-order valence-electron chi connectivity index (χ3n) is 6.04. The molecule has 37 heavy (non-hydrogen) atoms. The lowest BCUT2D eigenvalue weighted by molar-refractivity contribution is -0.0686. The van der Waals surface area contributed by atoms with E-state index >= 15 is 0 Å². The number of benzene rings is 2. The first kappa shape index (κ1) is 25.2. The Morgan fingerprint density at radius 1 is 1.05 bits per heavy atom. The molecule has 0 saturated carbocycles. The molecule has 1 saturated heterocycles. The van der Waals surface area contributed by atoms with Crippen LogP contribution in [0.1, 0.15) is 24.3 Å². The molecule has 8 nitrogen and oxygen atoms in total. The number of primary sulfonamides is 1. The van der Waals surface area contributed by atoms with Crippen LogP contribution in [-0.4, -0.2) is 38.3 Å². The van der Waals surface area contributed by atoms with Crippen molar-refractivity contribution in [2.45, 2.75) is 23.3 Å². The largest absolute Gasteiger partial charge is 0.471 e. The minimum absolute atomic E-state index is 0.00699. The lowest BCUT2D eigenvalue weighted by Gasteiger charge is -2.32. The number of nitrogens with two attached hydrogens (primary N) is 1. The van der Waals surface area contributed by atoms with Crippen molar-refractivity contribution in [3.05, 3.63) is 77.5 Å². The van der Waals surface area contributed by atoms with E-state index < -0.39 is 15.6 Å². The normalized spacial score (nSPS) is 15.1. The van der Waals surface area contributed by atoms with Crippen LogP contribution in [0.15, 0.2) is 75.4 Å². The van der Waals surface area contributed by atoms with Gasteiger partial charge in [-0.3, -0.25) is 0 Å². The average molecular weight is 537 g/mol. The molecular weight excluding hydrogens is 512 g/mol. The number of rotatable bonds is 6. The van der Waals surface area contributed by atoms with Gasteiger partial charge in [-0.2, -0.15) is 0 Å². The monoisotopic (exact) mass is 536 g/mol. The zero-order chi connectivity index (χ0) is 25.9. The van der Waals surface area contributed by atoms with Gasteiger partial charge in [0.1, 0.15) is 5.69 Å². The van der Waals surface area contributed by atoms with Crippen LogP contribution in [0, 0.1) is 11.8 Å². The summed E-state index contributed by atoms with van der Waals surface area (Å²) in [4.78, 5) is 4.58. The highest BCUT2D eigenvalue weighted by atomic mass is 32.2. The van der Waals surface area contributed by atoms with Gasteiger partial charge in [0.15, 0.2) is 17.4 Å². The van der Waals surface area contributed by atoms with Crippen molar-refractivity contribution in [2.75, 3.05) is 19.8 Å². The van der Waals surface area contributed by atoms with Gasteiger partial charge in [-0.05, 0) is 41.6 Å². The van der Waals surface area contributed by atoms with Gasteiger partial charge >= 0.3 is 0 Å². The molecule has 1 fully saturated rings. The molecule has 4 aromatic rings. The van der Waals surface area contributed by atoms with Gasteiger partial charge < -0.3 is 19.0 Å². The Morgan fingerprint density at radius 3 is 2.49 bits per heavy atom. The van der Waals surface area contributed by atoms with Crippen LogP contribution < -0.4 is 9.88 Å². The minimum Gasteiger partial charge on any atom is -0.471 e. The number of aromatic nitrogens is 1. The summed E-state index contributed by atoms with van der Waals surface area (Å²) < 4.78 is 40.5. The van der Waals surface area contributed by atoms with Crippen LogP contribution in [-0.2, 0) is 20.4 Å². The molecule has 2 aromatic carbocycles. The van der Waals surface area contributed by atoms with Crippen LogP contribution in [0.5, 0.6) is 5.06 Å². The van der Waals surface area contributed by atoms with Gasteiger partial charge in [0.05, 0.1) is 10.5 Å². The van der Waals surface area contributed by atoms with Crippen LogP contribution in [0.2, 0.25) is 0 Å².